The normalized spacial score (nSPS) is 12.1. The first kappa shape index (κ1) is 13.6. The highest BCUT2D eigenvalue weighted by atomic mass is 35.5. The highest BCUT2D eigenvalue weighted by molar-refractivity contribution is 6.17. The molecule has 2 aromatic rings. The molecule has 100 valence electrons. The topological polar surface area (TPSA) is 46.9 Å². The van der Waals surface area contributed by atoms with Crippen LogP contribution in [0.1, 0.15) is 22.8 Å². The van der Waals surface area contributed by atoms with E-state index in [0.717, 1.165) is 5.56 Å². The van der Waals surface area contributed by atoms with Gasteiger partial charge in [-0.05, 0) is 30.7 Å². The van der Waals surface area contributed by atoms with Crippen molar-refractivity contribution in [3.8, 4) is 0 Å². The summed E-state index contributed by atoms with van der Waals surface area (Å²) in [6.45, 7) is 2.60. The number of hydrogen-bond acceptors (Lipinski definition) is 2. The molecule has 1 unspecified atom stereocenters. The average Bonchev–Trinajstić information content (AvgIpc) is 2.91. The van der Waals surface area contributed by atoms with Crippen molar-refractivity contribution in [2.45, 2.75) is 25.4 Å². The summed E-state index contributed by atoms with van der Waals surface area (Å²) in [5.74, 6) is 0.316. The van der Waals surface area contributed by atoms with Crippen molar-refractivity contribution in [2.24, 2.45) is 0 Å². The SMILES string of the molecule is CC(Cn1cccn1)NC(=O)c1cccc(CCl)c1. The lowest BCUT2D eigenvalue weighted by Gasteiger charge is -2.14. The van der Waals surface area contributed by atoms with E-state index in [4.69, 9.17) is 11.6 Å². The summed E-state index contributed by atoms with van der Waals surface area (Å²) in [7, 11) is 0. The molecule has 0 saturated carbocycles. The van der Waals surface area contributed by atoms with Gasteiger partial charge in [-0.3, -0.25) is 9.48 Å². The van der Waals surface area contributed by atoms with Gasteiger partial charge in [-0.1, -0.05) is 12.1 Å². The molecule has 1 amide bonds. The van der Waals surface area contributed by atoms with E-state index in [2.05, 4.69) is 10.4 Å². The lowest BCUT2D eigenvalue weighted by atomic mass is 10.1. The van der Waals surface area contributed by atoms with Gasteiger partial charge in [0.1, 0.15) is 0 Å². The van der Waals surface area contributed by atoms with Crippen LogP contribution in [-0.2, 0) is 12.4 Å². The number of nitrogens with one attached hydrogen (secondary N) is 1. The monoisotopic (exact) mass is 277 g/mol. The van der Waals surface area contributed by atoms with Crippen LogP contribution in [-0.4, -0.2) is 21.7 Å². The van der Waals surface area contributed by atoms with Gasteiger partial charge in [-0.2, -0.15) is 5.10 Å². The minimum absolute atomic E-state index is 0.00653. The molecule has 4 nitrogen and oxygen atoms in total. The number of alkyl halides is 1. The lowest BCUT2D eigenvalue weighted by Crippen LogP contribution is -2.35. The van der Waals surface area contributed by atoms with Gasteiger partial charge < -0.3 is 5.32 Å². The fourth-order valence-electron chi connectivity index (χ4n) is 1.84. The molecule has 5 heteroatoms. The maximum atomic E-state index is 12.1. The molecule has 1 aromatic heterocycles. The van der Waals surface area contributed by atoms with Crippen molar-refractivity contribution in [3.63, 3.8) is 0 Å². The second-order valence-electron chi connectivity index (χ2n) is 4.44. The third-order valence-electron chi connectivity index (χ3n) is 2.74. The molecular weight excluding hydrogens is 262 g/mol. The fraction of sp³-hybridized carbons (Fsp3) is 0.286. The largest absolute Gasteiger partial charge is 0.348 e. The van der Waals surface area contributed by atoms with Crippen molar-refractivity contribution in [1.82, 2.24) is 15.1 Å². The zero-order valence-electron chi connectivity index (χ0n) is 10.7. The molecule has 0 fully saturated rings. The molecule has 2 rings (SSSR count). The summed E-state index contributed by atoms with van der Waals surface area (Å²) in [6.07, 6.45) is 3.59. The summed E-state index contributed by atoms with van der Waals surface area (Å²) < 4.78 is 1.79. The van der Waals surface area contributed by atoms with Crippen molar-refractivity contribution in [2.75, 3.05) is 0 Å². The molecule has 0 spiro atoms. The highest BCUT2D eigenvalue weighted by Gasteiger charge is 2.10. The van der Waals surface area contributed by atoms with Crippen LogP contribution in [0, 0.1) is 0 Å². The Kier molecular flexibility index (Phi) is 4.58. The van der Waals surface area contributed by atoms with E-state index >= 15 is 0 Å². The van der Waals surface area contributed by atoms with Gasteiger partial charge >= 0.3 is 0 Å². The summed E-state index contributed by atoms with van der Waals surface area (Å²) in [5.41, 5.74) is 1.57. The first-order valence-corrected chi connectivity index (χ1v) is 6.65. The molecule has 0 aliphatic heterocycles. The van der Waals surface area contributed by atoms with E-state index in [-0.39, 0.29) is 11.9 Å². The molecule has 1 N–H and O–H groups in total. The highest BCUT2D eigenvalue weighted by Crippen LogP contribution is 2.08. The van der Waals surface area contributed by atoms with Crippen LogP contribution in [0.3, 0.4) is 0 Å². The lowest BCUT2D eigenvalue weighted by molar-refractivity contribution is 0.0936. The molecule has 0 aliphatic rings. The Balaban J connectivity index is 1.96. The van der Waals surface area contributed by atoms with Crippen LogP contribution in [0.2, 0.25) is 0 Å². The van der Waals surface area contributed by atoms with Crippen LogP contribution in [0.15, 0.2) is 42.7 Å². The van der Waals surface area contributed by atoms with Crippen LogP contribution < -0.4 is 5.32 Å². The second kappa shape index (κ2) is 6.38. The number of nitrogens with zero attached hydrogens (tertiary/aromatic N) is 2. The summed E-state index contributed by atoms with van der Waals surface area (Å²) in [5, 5.41) is 7.05. The number of hydrogen-bond donors (Lipinski definition) is 1. The number of carbonyl (C=O) groups is 1. The van der Waals surface area contributed by atoms with E-state index in [0.29, 0.717) is 18.0 Å². The van der Waals surface area contributed by atoms with Gasteiger partial charge in [-0.25, -0.2) is 0 Å². The van der Waals surface area contributed by atoms with E-state index in [1.165, 1.54) is 0 Å². The number of halogens is 1. The van der Waals surface area contributed by atoms with Gasteiger partial charge in [0.2, 0.25) is 0 Å². The quantitative estimate of drug-likeness (QED) is 0.854. The predicted octanol–water partition coefficient (Wildman–Crippen LogP) is 2.44. The minimum Gasteiger partial charge on any atom is -0.348 e. The van der Waals surface area contributed by atoms with E-state index < -0.39 is 0 Å². The van der Waals surface area contributed by atoms with Crippen molar-refractivity contribution in [1.29, 1.82) is 0 Å². The van der Waals surface area contributed by atoms with Gasteiger partial charge in [0, 0.05) is 29.9 Å². The standard InChI is InChI=1S/C14H16ClN3O/c1-11(10-18-7-3-6-16-18)17-14(19)13-5-2-4-12(8-13)9-15/h2-8,11H,9-10H2,1H3,(H,17,19). The van der Waals surface area contributed by atoms with E-state index in [1.54, 1.807) is 16.9 Å². The zero-order chi connectivity index (χ0) is 13.7. The third-order valence-corrected chi connectivity index (χ3v) is 3.05. The number of amides is 1. The molecule has 1 aromatic carbocycles. The van der Waals surface area contributed by atoms with Crippen LogP contribution in [0.5, 0.6) is 0 Å². The predicted molar refractivity (Wildman–Crippen MR) is 75.2 cm³/mol. The first-order chi connectivity index (χ1) is 9.19. The van der Waals surface area contributed by atoms with Crippen LogP contribution in [0.25, 0.3) is 0 Å². The molecule has 0 saturated heterocycles. The molecule has 0 radical (unpaired) electrons. The molecule has 19 heavy (non-hydrogen) atoms. The van der Waals surface area contributed by atoms with Gasteiger partial charge in [0.05, 0.1) is 6.54 Å². The van der Waals surface area contributed by atoms with Crippen molar-refractivity contribution >= 4 is 17.5 Å². The maximum absolute atomic E-state index is 12.1. The Morgan fingerprint density at radius 3 is 3.00 bits per heavy atom. The maximum Gasteiger partial charge on any atom is 0.251 e. The number of rotatable bonds is 5. The summed E-state index contributed by atoms with van der Waals surface area (Å²) in [6, 6.07) is 9.20. The minimum atomic E-state index is -0.0911. The smallest absolute Gasteiger partial charge is 0.251 e. The number of aromatic nitrogens is 2. The molecule has 0 bridgehead atoms. The van der Waals surface area contributed by atoms with Gasteiger partial charge in [0.25, 0.3) is 5.91 Å². The molecular formula is C14H16ClN3O. The van der Waals surface area contributed by atoms with Crippen molar-refractivity contribution in [3.05, 3.63) is 53.9 Å². The Morgan fingerprint density at radius 2 is 2.32 bits per heavy atom. The van der Waals surface area contributed by atoms with E-state index in [1.807, 2.05) is 37.4 Å². The van der Waals surface area contributed by atoms with Crippen molar-refractivity contribution < 1.29 is 4.79 Å². The Hall–Kier alpha value is -1.81. The van der Waals surface area contributed by atoms with E-state index in [9.17, 15) is 4.79 Å². The molecule has 1 heterocycles. The Morgan fingerprint density at radius 1 is 1.47 bits per heavy atom. The third kappa shape index (κ3) is 3.83. The molecule has 1 atom stereocenters. The first-order valence-electron chi connectivity index (χ1n) is 6.12. The zero-order valence-corrected chi connectivity index (χ0v) is 11.5. The van der Waals surface area contributed by atoms with Crippen LogP contribution >= 0.6 is 11.6 Å². The molecule has 0 aliphatic carbocycles. The van der Waals surface area contributed by atoms with Gasteiger partial charge in [0.15, 0.2) is 0 Å². The Bertz CT molecular complexity index is 539. The Labute approximate surface area is 117 Å². The summed E-state index contributed by atoms with van der Waals surface area (Å²) >= 11 is 5.76. The van der Waals surface area contributed by atoms with Crippen LogP contribution in [0.4, 0.5) is 0 Å². The number of carbonyl (C=O) groups excluding carboxylic acids is 1. The fourth-order valence-corrected chi connectivity index (χ4v) is 2.00. The second-order valence-corrected chi connectivity index (χ2v) is 4.70. The average molecular weight is 278 g/mol. The summed E-state index contributed by atoms with van der Waals surface area (Å²) in [4.78, 5) is 12.1. The van der Waals surface area contributed by atoms with Gasteiger partial charge in [-0.15, -0.1) is 11.6 Å². The number of benzene rings is 1.